The van der Waals surface area contributed by atoms with Gasteiger partial charge >= 0.3 is 12.1 Å². The number of piperidine rings is 1. The molecule has 2 atom stereocenters. The third-order valence-electron chi connectivity index (χ3n) is 5.02. The van der Waals surface area contributed by atoms with Crippen molar-refractivity contribution in [2.75, 3.05) is 0 Å². The summed E-state index contributed by atoms with van der Waals surface area (Å²) in [6.45, 7) is 2.10. The summed E-state index contributed by atoms with van der Waals surface area (Å²) in [4.78, 5) is 46.7. The average molecular weight is 468 g/mol. The molecule has 3 amide bonds. The molecule has 2 aliphatic rings. The lowest BCUT2D eigenvalue weighted by molar-refractivity contribution is -0.192. The zero-order valence-electron chi connectivity index (χ0n) is 17.2. The second kappa shape index (κ2) is 8.97. The molecule has 11 nitrogen and oxygen atoms in total. The van der Waals surface area contributed by atoms with E-state index in [1.807, 2.05) is 13.0 Å². The number of benzene rings is 1. The van der Waals surface area contributed by atoms with Crippen LogP contribution in [0.5, 0.6) is 0 Å². The van der Waals surface area contributed by atoms with Crippen LogP contribution in [0.1, 0.15) is 47.4 Å². The fourth-order valence-electron chi connectivity index (χ4n) is 3.39. The number of alkyl halides is 3. The third kappa shape index (κ3) is 5.00. The highest BCUT2D eigenvalue weighted by atomic mass is 19.4. The number of nitrogens with zero attached hydrogens (tertiary/aromatic N) is 4. The first-order valence-corrected chi connectivity index (χ1v) is 9.65. The standard InChI is InChI=1S/C17H18N6O3.C2HF3O2/c1-9(18)12-8-23(21-20-12)13-4-2-3-10-11(13)7-22(17(10)26)14-5-6-15(24)19-16(14)25;3-2(4,5)1(6)7/h2-4,8-9,14H,5-7,18H2,1H3,(H,19,24,25);(H,6,7). The number of aliphatic carboxylic acids is 1. The number of carboxylic acids is 1. The number of rotatable bonds is 3. The maximum atomic E-state index is 12.8. The number of hydrogen-bond donors (Lipinski definition) is 3. The molecule has 1 aromatic carbocycles. The number of carbonyl (C=O) groups excluding carboxylic acids is 3. The Balaban J connectivity index is 0.000000383. The molecule has 1 aromatic heterocycles. The summed E-state index contributed by atoms with van der Waals surface area (Å²) in [6, 6.07) is 4.46. The van der Waals surface area contributed by atoms with Crippen LogP contribution in [0.25, 0.3) is 5.69 Å². The van der Waals surface area contributed by atoms with Gasteiger partial charge in [0.05, 0.1) is 17.6 Å². The zero-order chi connectivity index (χ0) is 24.5. The van der Waals surface area contributed by atoms with E-state index in [0.717, 1.165) is 11.3 Å². The molecule has 2 unspecified atom stereocenters. The van der Waals surface area contributed by atoms with Crippen LogP contribution < -0.4 is 11.1 Å². The van der Waals surface area contributed by atoms with Crippen molar-refractivity contribution in [1.82, 2.24) is 25.2 Å². The van der Waals surface area contributed by atoms with Crippen LogP contribution >= 0.6 is 0 Å². The predicted octanol–water partition coefficient (Wildman–Crippen LogP) is 0.681. The van der Waals surface area contributed by atoms with Crippen LogP contribution in [0.15, 0.2) is 24.4 Å². The number of aromatic nitrogens is 3. The summed E-state index contributed by atoms with van der Waals surface area (Å²) >= 11 is 0. The Bertz CT molecular complexity index is 1110. The van der Waals surface area contributed by atoms with Crippen molar-refractivity contribution in [3.8, 4) is 5.69 Å². The number of amides is 3. The quantitative estimate of drug-likeness (QED) is 0.555. The third-order valence-corrected chi connectivity index (χ3v) is 5.02. The van der Waals surface area contributed by atoms with Crippen LogP contribution in [0, 0.1) is 0 Å². The number of hydrogen-bond acceptors (Lipinski definition) is 7. The van der Waals surface area contributed by atoms with E-state index in [1.54, 1.807) is 23.0 Å². The summed E-state index contributed by atoms with van der Waals surface area (Å²) in [7, 11) is 0. The summed E-state index contributed by atoms with van der Waals surface area (Å²) in [6.07, 6.45) is -2.79. The van der Waals surface area contributed by atoms with Gasteiger partial charge in [-0.3, -0.25) is 19.7 Å². The normalized spacial score (nSPS) is 18.9. The number of nitrogens with one attached hydrogen (secondary N) is 1. The van der Waals surface area contributed by atoms with Gasteiger partial charge in [0.2, 0.25) is 11.8 Å². The van der Waals surface area contributed by atoms with E-state index in [4.69, 9.17) is 15.6 Å². The van der Waals surface area contributed by atoms with Crippen LogP contribution in [0.4, 0.5) is 13.2 Å². The number of halogens is 3. The fraction of sp³-hybridized carbons (Fsp3) is 0.368. The van der Waals surface area contributed by atoms with Gasteiger partial charge in [-0.15, -0.1) is 5.10 Å². The smallest absolute Gasteiger partial charge is 0.475 e. The van der Waals surface area contributed by atoms with Crippen LogP contribution in [-0.4, -0.2) is 60.9 Å². The summed E-state index contributed by atoms with van der Waals surface area (Å²) < 4.78 is 33.3. The molecule has 14 heteroatoms. The summed E-state index contributed by atoms with van der Waals surface area (Å²) in [5.41, 5.74) is 8.52. The molecule has 0 aliphatic carbocycles. The van der Waals surface area contributed by atoms with Gasteiger partial charge in [-0.25, -0.2) is 9.48 Å². The average Bonchev–Trinajstić information content (AvgIpc) is 3.34. The molecule has 2 aliphatic heterocycles. The number of carboxylic acid groups (broad SMARTS) is 1. The SMILES string of the molecule is CC(N)c1cn(-c2cccc3c2CN(C2CCC(=O)NC2=O)C3=O)nn1.O=C(O)C(F)(F)F. The Morgan fingerprint density at radius 1 is 1.30 bits per heavy atom. The number of nitrogens with two attached hydrogens (primary N) is 1. The molecule has 176 valence electrons. The van der Waals surface area contributed by atoms with E-state index in [0.29, 0.717) is 17.7 Å². The molecule has 33 heavy (non-hydrogen) atoms. The van der Waals surface area contributed by atoms with Crippen molar-refractivity contribution in [1.29, 1.82) is 0 Å². The highest BCUT2D eigenvalue weighted by Crippen LogP contribution is 2.31. The van der Waals surface area contributed by atoms with E-state index in [1.165, 1.54) is 4.90 Å². The number of carbonyl (C=O) groups is 4. The molecule has 0 saturated carbocycles. The summed E-state index contributed by atoms with van der Waals surface area (Å²) in [5.74, 6) is -3.71. The van der Waals surface area contributed by atoms with Crippen molar-refractivity contribution in [3.63, 3.8) is 0 Å². The Kier molecular flexibility index (Phi) is 6.48. The highest BCUT2D eigenvalue weighted by Gasteiger charge is 2.40. The Hall–Kier alpha value is -3.81. The van der Waals surface area contributed by atoms with Gasteiger partial charge in [-0.2, -0.15) is 13.2 Å². The Labute approximate surface area is 184 Å². The zero-order valence-corrected chi connectivity index (χ0v) is 17.2. The van der Waals surface area contributed by atoms with Crippen LogP contribution in [-0.2, 0) is 20.9 Å². The Morgan fingerprint density at radius 2 is 1.97 bits per heavy atom. The fourth-order valence-corrected chi connectivity index (χ4v) is 3.39. The van der Waals surface area contributed by atoms with Gasteiger partial charge in [0.25, 0.3) is 5.91 Å². The van der Waals surface area contributed by atoms with Crippen molar-refractivity contribution < 1.29 is 37.5 Å². The van der Waals surface area contributed by atoms with E-state index in [-0.39, 0.29) is 30.8 Å². The molecule has 4 rings (SSSR count). The Morgan fingerprint density at radius 3 is 2.52 bits per heavy atom. The first kappa shape index (κ1) is 23.8. The molecule has 2 aromatic rings. The van der Waals surface area contributed by atoms with Gasteiger partial charge in [-0.1, -0.05) is 11.3 Å². The molecule has 4 N–H and O–H groups in total. The largest absolute Gasteiger partial charge is 0.490 e. The molecular formula is C19H19F3N6O5. The van der Waals surface area contributed by atoms with Crippen LogP contribution in [0.3, 0.4) is 0 Å². The van der Waals surface area contributed by atoms with Crippen molar-refractivity contribution in [2.45, 2.75) is 44.6 Å². The highest BCUT2D eigenvalue weighted by molar-refractivity contribution is 6.05. The molecule has 1 fully saturated rings. The lowest BCUT2D eigenvalue weighted by Crippen LogP contribution is -2.52. The lowest BCUT2D eigenvalue weighted by atomic mass is 10.0. The van der Waals surface area contributed by atoms with Crippen molar-refractivity contribution in [3.05, 3.63) is 41.2 Å². The van der Waals surface area contributed by atoms with Crippen molar-refractivity contribution in [2.24, 2.45) is 5.73 Å². The predicted molar refractivity (Wildman–Crippen MR) is 104 cm³/mol. The maximum absolute atomic E-state index is 12.8. The first-order valence-electron chi connectivity index (χ1n) is 9.65. The number of imide groups is 1. The van der Waals surface area contributed by atoms with Gasteiger partial charge in [0, 0.05) is 30.1 Å². The molecule has 0 bridgehead atoms. The molecule has 0 radical (unpaired) electrons. The van der Waals surface area contributed by atoms with Gasteiger partial charge < -0.3 is 15.7 Å². The van der Waals surface area contributed by atoms with E-state index in [2.05, 4.69) is 15.6 Å². The minimum atomic E-state index is -5.08. The van der Waals surface area contributed by atoms with E-state index >= 15 is 0 Å². The summed E-state index contributed by atoms with van der Waals surface area (Å²) in [5, 5.41) is 17.6. The van der Waals surface area contributed by atoms with Gasteiger partial charge in [-0.05, 0) is 25.5 Å². The van der Waals surface area contributed by atoms with E-state index in [9.17, 15) is 27.6 Å². The van der Waals surface area contributed by atoms with Crippen molar-refractivity contribution >= 4 is 23.7 Å². The monoisotopic (exact) mass is 468 g/mol. The second-order valence-corrected chi connectivity index (χ2v) is 7.38. The molecule has 3 heterocycles. The lowest BCUT2D eigenvalue weighted by Gasteiger charge is -2.29. The topological polar surface area (TPSA) is 161 Å². The minimum absolute atomic E-state index is 0.219. The van der Waals surface area contributed by atoms with Crippen LogP contribution in [0.2, 0.25) is 0 Å². The minimum Gasteiger partial charge on any atom is -0.475 e. The maximum Gasteiger partial charge on any atom is 0.490 e. The first-order chi connectivity index (χ1) is 15.4. The van der Waals surface area contributed by atoms with Gasteiger partial charge in [0.15, 0.2) is 0 Å². The molecular weight excluding hydrogens is 449 g/mol. The second-order valence-electron chi connectivity index (χ2n) is 7.38. The van der Waals surface area contributed by atoms with Gasteiger partial charge in [0.1, 0.15) is 6.04 Å². The molecule has 0 spiro atoms. The molecule has 1 saturated heterocycles. The number of fused-ring (bicyclic) bond motifs is 1. The van der Waals surface area contributed by atoms with E-state index < -0.39 is 24.1 Å².